The highest BCUT2D eigenvalue weighted by atomic mass is 35.5. The molecule has 2 amide bonds. The number of benzene rings is 1. The van der Waals surface area contributed by atoms with Crippen LogP contribution in [0, 0.1) is 0 Å². The summed E-state index contributed by atoms with van der Waals surface area (Å²) in [6, 6.07) is 8.10. The summed E-state index contributed by atoms with van der Waals surface area (Å²) in [4.78, 5) is 32.3. The van der Waals surface area contributed by atoms with Gasteiger partial charge in [0.15, 0.2) is 22.8 Å². The number of nitrogens with one attached hydrogen (secondary N) is 1. The summed E-state index contributed by atoms with van der Waals surface area (Å²) in [5.74, 6) is 0.478. The number of hydrogen-bond donors (Lipinski definition) is 1. The fraction of sp³-hybridized carbons (Fsp3) is 0.333. The van der Waals surface area contributed by atoms with Crippen LogP contribution in [0.5, 0.6) is 11.5 Å². The van der Waals surface area contributed by atoms with Crippen LogP contribution in [0.3, 0.4) is 0 Å². The van der Waals surface area contributed by atoms with Crippen molar-refractivity contribution < 1.29 is 19.1 Å². The van der Waals surface area contributed by atoms with Crippen LogP contribution in [0.1, 0.15) is 35.3 Å². The molecule has 178 valence electrons. The molecule has 1 aliphatic rings. The lowest BCUT2D eigenvalue weighted by atomic mass is 10.1. The molecule has 0 radical (unpaired) electrons. The number of ether oxygens (including phenoxy) is 2. The van der Waals surface area contributed by atoms with Gasteiger partial charge in [0.2, 0.25) is 5.91 Å². The Labute approximate surface area is 202 Å². The molecule has 0 unspecified atom stereocenters. The maximum Gasteiger partial charge on any atom is 0.275 e. The predicted molar refractivity (Wildman–Crippen MR) is 127 cm³/mol. The third kappa shape index (κ3) is 5.31. The van der Waals surface area contributed by atoms with Crippen LogP contribution in [0.4, 0.5) is 0 Å². The zero-order chi connectivity index (χ0) is 24.1. The lowest BCUT2D eigenvalue weighted by Gasteiger charge is -2.29. The molecule has 1 atom stereocenters. The minimum absolute atomic E-state index is 0.114. The Hall–Kier alpha value is -3.59. The van der Waals surface area contributed by atoms with Crippen molar-refractivity contribution in [2.45, 2.75) is 31.8 Å². The number of amides is 2. The second-order valence-corrected chi connectivity index (χ2v) is 8.51. The molecule has 4 rings (SSSR count). The molecule has 10 heteroatoms. The Balaban J connectivity index is 1.68. The average molecular weight is 484 g/mol. The minimum atomic E-state index is -0.623. The van der Waals surface area contributed by atoms with E-state index in [9.17, 15) is 9.59 Å². The largest absolute Gasteiger partial charge is 0.493 e. The Kier molecular flexibility index (Phi) is 7.32. The van der Waals surface area contributed by atoms with Crippen LogP contribution < -0.4 is 14.8 Å². The fourth-order valence-electron chi connectivity index (χ4n) is 3.91. The smallest absolute Gasteiger partial charge is 0.275 e. The first kappa shape index (κ1) is 23.6. The first-order chi connectivity index (χ1) is 16.5. The van der Waals surface area contributed by atoms with E-state index in [0.29, 0.717) is 35.1 Å². The molecule has 0 bridgehead atoms. The number of halogens is 1. The van der Waals surface area contributed by atoms with E-state index in [-0.39, 0.29) is 30.7 Å². The summed E-state index contributed by atoms with van der Waals surface area (Å²) in [5, 5.41) is 7.64. The molecule has 0 saturated carbocycles. The summed E-state index contributed by atoms with van der Waals surface area (Å²) >= 11 is 5.85. The van der Waals surface area contributed by atoms with Crippen molar-refractivity contribution >= 4 is 29.1 Å². The fourth-order valence-corrected chi connectivity index (χ4v) is 3.97. The van der Waals surface area contributed by atoms with Gasteiger partial charge in [-0.1, -0.05) is 24.2 Å². The van der Waals surface area contributed by atoms with Crippen molar-refractivity contribution in [1.82, 2.24) is 24.8 Å². The third-order valence-electron chi connectivity index (χ3n) is 5.56. The van der Waals surface area contributed by atoms with Crippen molar-refractivity contribution in [3.8, 4) is 11.5 Å². The normalized spacial score (nSPS) is 15.9. The number of fused-ring (bicyclic) bond motifs is 1. The first-order valence-electron chi connectivity index (χ1n) is 11.0. The number of methoxy groups -OCH3 is 1. The highest BCUT2D eigenvalue weighted by Gasteiger charge is 2.33. The Bertz CT molecular complexity index is 1180. The van der Waals surface area contributed by atoms with Gasteiger partial charge in [0.05, 0.1) is 7.11 Å². The van der Waals surface area contributed by atoms with Crippen molar-refractivity contribution in [3.05, 3.63) is 65.6 Å². The minimum Gasteiger partial charge on any atom is -0.493 e. The predicted octanol–water partition coefficient (Wildman–Crippen LogP) is 3.18. The van der Waals surface area contributed by atoms with E-state index in [1.54, 1.807) is 48.7 Å². The third-order valence-corrected chi connectivity index (χ3v) is 5.67. The number of carbonyl (C=O) groups is 2. The van der Waals surface area contributed by atoms with Gasteiger partial charge in [0, 0.05) is 36.6 Å². The van der Waals surface area contributed by atoms with Gasteiger partial charge in [-0.25, -0.2) is 9.50 Å². The maximum atomic E-state index is 13.7. The molecule has 1 aromatic carbocycles. The topological polar surface area (TPSA) is 98.1 Å². The second kappa shape index (κ2) is 10.6. The van der Waals surface area contributed by atoms with E-state index < -0.39 is 6.04 Å². The lowest BCUT2D eigenvalue weighted by Crippen LogP contribution is -2.48. The maximum absolute atomic E-state index is 13.7. The quantitative estimate of drug-likeness (QED) is 0.528. The molecule has 34 heavy (non-hydrogen) atoms. The summed E-state index contributed by atoms with van der Waals surface area (Å²) in [6.45, 7) is 4.53. The van der Waals surface area contributed by atoms with E-state index in [1.165, 1.54) is 4.52 Å². The molecule has 2 aromatic heterocycles. The molecule has 1 aliphatic heterocycles. The van der Waals surface area contributed by atoms with Crippen molar-refractivity contribution in [3.63, 3.8) is 0 Å². The lowest BCUT2D eigenvalue weighted by molar-refractivity contribution is -0.125. The highest BCUT2D eigenvalue weighted by Crippen LogP contribution is 2.30. The molecule has 9 nitrogen and oxygen atoms in total. The van der Waals surface area contributed by atoms with Crippen molar-refractivity contribution in [1.29, 1.82) is 0 Å². The van der Waals surface area contributed by atoms with Crippen LogP contribution in [0.2, 0.25) is 0 Å². The van der Waals surface area contributed by atoms with Gasteiger partial charge in [-0.05, 0) is 43.0 Å². The van der Waals surface area contributed by atoms with Crippen LogP contribution in [-0.4, -0.2) is 57.6 Å². The number of carbonyl (C=O) groups excluding carboxylic acids is 2. The second-order valence-electron chi connectivity index (χ2n) is 7.98. The van der Waals surface area contributed by atoms with Crippen molar-refractivity contribution in [2.24, 2.45) is 0 Å². The van der Waals surface area contributed by atoms with Gasteiger partial charge in [-0.3, -0.25) is 9.59 Å². The van der Waals surface area contributed by atoms with Crippen LogP contribution >= 0.6 is 11.6 Å². The van der Waals surface area contributed by atoms with Gasteiger partial charge < -0.3 is 19.7 Å². The van der Waals surface area contributed by atoms with E-state index in [0.717, 1.165) is 18.4 Å². The molecule has 3 heterocycles. The van der Waals surface area contributed by atoms with Gasteiger partial charge in [-0.15, -0.1) is 0 Å². The Morgan fingerprint density at radius 2 is 2.18 bits per heavy atom. The number of rotatable bonds is 8. The average Bonchev–Trinajstić information content (AvgIpc) is 3.16. The Morgan fingerprint density at radius 1 is 1.32 bits per heavy atom. The van der Waals surface area contributed by atoms with Gasteiger partial charge in [-0.2, -0.15) is 5.10 Å². The summed E-state index contributed by atoms with van der Waals surface area (Å²) in [6.07, 6.45) is 5.62. The molecule has 0 aliphatic carbocycles. The molecule has 1 fully saturated rings. The summed E-state index contributed by atoms with van der Waals surface area (Å²) < 4.78 is 12.6. The standard InChI is InChI=1S/C24H26ClN5O4/c1-16(25)15-34-21-12-17(7-8-20(21)33-2)14-29(19-6-3-4-9-27-23(19)31)24(32)18-13-22-26-10-5-11-30(22)28-18/h5,7-8,10-13,19H,1,3-4,6,9,14-15H2,2H3,(H,27,31)/t19-/m0/s1. The van der Waals surface area contributed by atoms with E-state index in [2.05, 4.69) is 22.0 Å². The Morgan fingerprint density at radius 3 is 2.94 bits per heavy atom. The first-order valence-corrected chi connectivity index (χ1v) is 11.4. The summed E-state index contributed by atoms with van der Waals surface area (Å²) in [5.41, 5.74) is 1.54. The van der Waals surface area contributed by atoms with Gasteiger partial charge in [0.1, 0.15) is 12.6 Å². The molecule has 1 saturated heterocycles. The monoisotopic (exact) mass is 483 g/mol. The van der Waals surface area contributed by atoms with Gasteiger partial charge >= 0.3 is 0 Å². The van der Waals surface area contributed by atoms with Crippen LogP contribution in [0.15, 0.2) is 54.3 Å². The van der Waals surface area contributed by atoms with E-state index in [1.807, 2.05) is 6.07 Å². The van der Waals surface area contributed by atoms with Gasteiger partial charge in [0.25, 0.3) is 5.91 Å². The summed E-state index contributed by atoms with van der Waals surface area (Å²) in [7, 11) is 1.54. The molecule has 1 N–H and O–H groups in total. The van der Waals surface area contributed by atoms with Crippen LogP contribution in [0.25, 0.3) is 5.65 Å². The molecular formula is C24H26ClN5O4. The zero-order valence-corrected chi connectivity index (χ0v) is 19.6. The van der Waals surface area contributed by atoms with Crippen molar-refractivity contribution in [2.75, 3.05) is 20.3 Å². The van der Waals surface area contributed by atoms with E-state index >= 15 is 0 Å². The SMILES string of the molecule is C=C(Cl)COc1cc(CN(C(=O)c2cc3ncccn3n2)[C@H]2CCCCNC2=O)ccc1OC. The highest BCUT2D eigenvalue weighted by molar-refractivity contribution is 6.29. The molecule has 3 aromatic rings. The van der Waals surface area contributed by atoms with Crippen LogP contribution in [-0.2, 0) is 11.3 Å². The van der Waals surface area contributed by atoms with E-state index in [4.69, 9.17) is 21.1 Å². The number of hydrogen-bond acceptors (Lipinski definition) is 6. The zero-order valence-electron chi connectivity index (χ0n) is 18.9. The molecule has 0 spiro atoms. The number of nitrogens with zero attached hydrogens (tertiary/aromatic N) is 4. The number of aromatic nitrogens is 3. The molecular weight excluding hydrogens is 458 g/mol.